The van der Waals surface area contributed by atoms with Gasteiger partial charge < -0.3 is 14.8 Å². The Hall–Kier alpha value is -2.27. The Bertz CT molecular complexity index is 639. The Kier molecular flexibility index (Phi) is 5.22. The van der Waals surface area contributed by atoms with Gasteiger partial charge in [0, 0.05) is 17.1 Å². The van der Waals surface area contributed by atoms with E-state index in [4.69, 9.17) is 21.1 Å². The second-order valence-electron chi connectivity index (χ2n) is 4.72. The van der Waals surface area contributed by atoms with Crippen molar-refractivity contribution in [2.45, 2.75) is 13.0 Å². The van der Waals surface area contributed by atoms with Crippen LogP contribution in [-0.4, -0.2) is 31.1 Å². The fourth-order valence-electron chi connectivity index (χ4n) is 1.87. The fraction of sp³-hybridized carbons (Fsp3) is 0.250. The second kappa shape index (κ2) is 7.13. The molecule has 22 heavy (non-hydrogen) atoms. The predicted molar refractivity (Wildman–Crippen MR) is 83.7 cm³/mol. The molecule has 0 radical (unpaired) electrons. The van der Waals surface area contributed by atoms with Gasteiger partial charge in [0.25, 0.3) is 5.91 Å². The highest BCUT2D eigenvalue weighted by atomic mass is 35.5. The van der Waals surface area contributed by atoms with Crippen molar-refractivity contribution in [3.63, 3.8) is 0 Å². The molecular weight excluding hydrogens is 306 g/mol. The summed E-state index contributed by atoms with van der Waals surface area (Å²) >= 11 is 5.92. The van der Waals surface area contributed by atoms with E-state index in [9.17, 15) is 9.59 Å². The van der Waals surface area contributed by atoms with E-state index >= 15 is 0 Å². The zero-order valence-electron chi connectivity index (χ0n) is 12.1. The van der Waals surface area contributed by atoms with Gasteiger partial charge >= 0.3 is 5.97 Å². The van der Waals surface area contributed by atoms with E-state index in [0.717, 1.165) is 0 Å². The first-order chi connectivity index (χ1) is 10.5. The lowest BCUT2D eigenvalue weighted by Crippen LogP contribution is -2.36. The van der Waals surface area contributed by atoms with Crippen molar-refractivity contribution in [3.8, 4) is 5.75 Å². The van der Waals surface area contributed by atoms with Gasteiger partial charge in [0.1, 0.15) is 12.4 Å². The second-order valence-corrected chi connectivity index (χ2v) is 5.16. The number of esters is 1. The summed E-state index contributed by atoms with van der Waals surface area (Å²) in [6.45, 7) is 5.41. The Morgan fingerprint density at radius 2 is 2.32 bits per heavy atom. The SMILES string of the molecule is C=CCNC(=O)[C@@H](C)OC(=O)C1=Cc2cc(Cl)ccc2OC1. The van der Waals surface area contributed by atoms with Crippen molar-refractivity contribution in [2.75, 3.05) is 13.2 Å². The van der Waals surface area contributed by atoms with Crippen LogP contribution in [0.1, 0.15) is 12.5 Å². The number of hydrogen-bond acceptors (Lipinski definition) is 4. The van der Waals surface area contributed by atoms with Gasteiger partial charge in [0.05, 0.1) is 5.57 Å². The molecule has 0 aromatic heterocycles. The molecule has 1 aromatic rings. The summed E-state index contributed by atoms with van der Waals surface area (Å²) in [7, 11) is 0. The fourth-order valence-corrected chi connectivity index (χ4v) is 2.05. The van der Waals surface area contributed by atoms with Gasteiger partial charge in [-0.15, -0.1) is 6.58 Å². The minimum atomic E-state index is -0.894. The molecule has 1 amide bonds. The quantitative estimate of drug-likeness (QED) is 0.668. The predicted octanol–water partition coefficient (Wildman–Crippen LogP) is 2.35. The monoisotopic (exact) mass is 321 g/mol. The summed E-state index contributed by atoms with van der Waals surface area (Å²) in [5.41, 5.74) is 1.03. The molecule has 1 aromatic carbocycles. The average molecular weight is 322 g/mol. The third kappa shape index (κ3) is 3.89. The van der Waals surface area contributed by atoms with Crippen molar-refractivity contribution in [3.05, 3.63) is 47.0 Å². The van der Waals surface area contributed by atoms with E-state index in [-0.39, 0.29) is 12.5 Å². The zero-order chi connectivity index (χ0) is 16.1. The van der Waals surface area contributed by atoms with Crippen molar-refractivity contribution in [1.29, 1.82) is 0 Å². The Morgan fingerprint density at radius 1 is 1.55 bits per heavy atom. The Morgan fingerprint density at radius 3 is 3.05 bits per heavy atom. The molecule has 5 nitrogen and oxygen atoms in total. The van der Waals surface area contributed by atoms with Gasteiger partial charge in [0.2, 0.25) is 0 Å². The van der Waals surface area contributed by atoms with Gasteiger partial charge in [-0.05, 0) is 31.2 Å². The number of fused-ring (bicyclic) bond motifs is 1. The molecule has 1 aliphatic rings. The third-order valence-electron chi connectivity index (χ3n) is 3.02. The molecule has 0 bridgehead atoms. The van der Waals surface area contributed by atoms with E-state index in [1.807, 2.05) is 0 Å². The van der Waals surface area contributed by atoms with E-state index in [1.165, 1.54) is 6.92 Å². The van der Waals surface area contributed by atoms with E-state index in [1.54, 1.807) is 30.4 Å². The zero-order valence-corrected chi connectivity index (χ0v) is 12.9. The van der Waals surface area contributed by atoms with Gasteiger partial charge in [-0.3, -0.25) is 4.79 Å². The van der Waals surface area contributed by atoms with E-state index in [2.05, 4.69) is 11.9 Å². The van der Waals surface area contributed by atoms with Crippen LogP contribution < -0.4 is 10.1 Å². The minimum Gasteiger partial charge on any atom is -0.488 e. The highest BCUT2D eigenvalue weighted by molar-refractivity contribution is 6.30. The summed E-state index contributed by atoms with van der Waals surface area (Å²) in [5, 5.41) is 3.11. The summed E-state index contributed by atoms with van der Waals surface area (Å²) in [4.78, 5) is 23.7. The Labute approximate surface area is 133 Å². The van der Waals surface area contributed by atoms with Crippen LogP contribution in [0.25, 0.3) is 6.08 Å². The molecule has 6 heteroatoms. The van der Waals surface area contributed by atoms with Crippen LogP contribution in [0.15, 0.2) is 36.4 Å². The lowest BCUT2D eigenvalue weighted by Gasteiger charge is -2.19. The molecule has 1 atom stereocenters. The molecule has 1 aliphatic heterocycles. The van der Waals surface area contributed by atoms with Crippen molar-refractivity contribution in [1.82, 2.24) is 5.32 Å². The van der Waals surface area contributed by atoms with Crippen LogP contribution in [0, 0.1) is 0 Å². The van der Waals surface area contributed by atoms with Crippen LogP contribution in [-0.2, 0) is 14.3 Å². The van der Waals surface area contributed by atoms with Crippen LogP contribution >= 0.6 is 11.6 Å². The van der Waals surface area contributed by atoms with Crippen molar-refractivity contribution in [2.24, 2.45) is 0 Å². The van der Waals surface area contributed by atoms with Crippen molar-refractivity contribution < 1.29 is 19.1 Å². The van der Waals surface area contributed by atoms with E-state index < -0.39 is 12.1 Å². The molecule has 2 rings (SSSR count). The van der Waals surface area contributed by atoms with Gasteiger partial charge in [-0.2, -0.15) is 0 Å². The molecule has 0 spiro atoms. The molecule has 0 saturated heterocycles. The molecule has 0 unspecified atom stereocenters. The van der Waals surface area contributed by atoms with Gasteiger partial charge in [-0.25, -0.2) is 4.79 Å². The molecule has 0 aliphatic carbocycles. The lowest BCUT2D eigenvalue weighted by molar-refractivity contribution is -0.151. The molecule has 1 heterocycles. The number of rotatable bonds is 5. The number of halogens is 1. The molecule has 116 valence electrons. The third-order valence-corrected chi connectivity index (χ3v) is 3.26. The summed E-state index contributed by atoms with van der Waals surface area (Å²) in [6, 6.07) is 5.15. The largest absolute Gasteiger partial charge is 0.488 e. The smallest absolute Gasteiger partial charge is 0.338 e. The van der Waals surface area contributed by atoms with Crippen LogP contribution in [0.3, 0.4) is 0 Å². The highest BCUT2D eigenvalue weighted by Crippen LogP contribution is 2.29. The van der Waals surface area contributed by atoms with Gasteiger partial charge in [-0.1, -0.05) is 17.7 Å². The topological polar surface area (TPSA) is 64.6 Å². The minimum absolute atomic E-state index is 0.0917. The number of benzene rings is 1. The average Bonchev–Trinajstić information content (AvgIpc) is 2.51. The number of ether oxygens (including phenoxy) is 2. The van der Waals surface area contributed by atoms with Gasteiger partial charge in [0.15, 0.2) is 6.10 Å². The summed E-state index contributed by atoms with van der Waals surface area (Å²) < 4.78 is 10.6. The lowest BCUT2D eigenvalue weighted by atomic mass is 10.1. The van der Waals surface area contributed by atoms with Crippen LogP contribution in [0.2, 0.25) is 5.02 Å². The normalized spacial score (nSPS) is 14.0. The maximum absolute atomic E-state index is 12.1. The molecule has 1 N–H and O–H groups in total. The first-order valence-corrected chi connectivity index (χ1v) is 7.11. The number of hydrogen-bond donors (Lipinski definition) is 1. The first-order valence-electron chi connectivity index (χ1n) is 6.73. The number of carbonyl (C=O) groups excluding carboxylic acids is 2. The molecule has 0 fully saturated rings. The summed E-state index contributed by atoms with van der Waals surface area (Å²) in [5.74, 6) is -0.321. The maximum atomic E-state index is 12.1. The summed E-state index contributed by atoms with van der Waals surface area (Å²) in [6.07, 6.45) is 2.31. The molecular formula is C16H16ClNO4. The standard InChI is InChI=1S/C16H16ClNO4/c1-3-6-18-15(19)10(2)22-16(20)12-7-11-8-13(17)4-5-14(11)21-9-12/h3-5,7-8,10H,1,6,9H2,2H3,(H,18,19)/t10-/m1/s1. The number of carbonyl (C=O) groups is 2. The van der Waals surface area contributed by atoms with Crippen LogP contribution in [0.5, 0.6) is 5.75 Å². The molecule has 0 saturated carbocycles. The van der Waals surface area contributed by atoms with E-state index in [0.29, 0.717) is 28.5 Å². The van der Waals surface area contributed by atoms with Crippen molar-refractivity contribution >= 4 is 29.6 Å². The number of nitrogens with one attached hydrogen (secondary N) is 1. The highest BCUT2D eigenvalue weighted by Gasteiger charge is 2.23. The number of amides is 1. The Balaban J connectivity index is 2.04. The maximum Gasteiger partial charge on any atom is 0.338 e. The van der Waals surface area contributed by atoms with Crippen LogP contribution in [0.4, 0.5) is 0 Å². The first kappa shape index (κ1) is 16.1.